The molecular formula is C18H35IN4O. The molecule has 0 radical (unpaired) electrons. The first-order valence-electron chi connectivity index (χ1n) is 8.89. The molecule has 0 fully saturated rings. The van der Waals surface area contributed by atoms with Crippen LogP contribution in [0.15, 0.2) is 9.52 Å². The largest absolute Gasteiger partial charge is 0.361 e. The SMILES string of the molecule is CCNC(=NCc1c(CC)noc1CC)NCCCC(C)(C)C.I. The summed E-state index contributed by atoms with van der Waals surface area (Å²) in [5, 5.41) is 10.9. The summed E-state index contributed by atoms with van der Waals surface area (Å²) < 4.78 is 5.40. The maximum atomic E-state index is 5.40. The van der Waals surface area contributed by atoms with Gasteiger partial charge >= 0.3 is 0 Å². The van der Waals surface area contributed by atoms with Crippen molar-refractivity contribution in [3.05, 3.63) is 17.0 Å². The number of aryl methyl sites for hydroxylation is 2. The smallest absolute Gasteiger partial charge is 0.191 e. The molecule has 5 nitrogen and oxygen atoms in total. The molecule has 2 N–H and O–H groups in total. The molecule has 24 heavy (non-hydrogen) atoms. The van der Waals surface area contributed by atoms with Crippen LogP contribution in [0, 0.1) is 5.41 Å². The quantitative estimate of drug-likeness (QED) is 0.268. The van der Waals surface area contributed by atoms with Crippen molar-refractivity contribution in [3.63, 3.8) is 0 Å². The fourth-order valence-electron chi connectivity index (χ4n) is 2.44. The summed E-state index contributed by atoms with van der Waals surface area (Å²) in [6, 6.07) is 0. The van der Waals surface area contributed by atoms with Crippen LogP contribution in [0.5, 0.6) is 0 Å². The van der Waals surface area contributed by atoms with Crippen molar-refractivity contribution in [2.24, 2.45) is 10.4 Å². The molecule has 0 amide bonds. The van der Waals surface area contributed by atoms with Gasteiger partial charge in [0, 0.05) is 25.1 Å². The van der Waals surface area contributed by atoms with E-state index in [1.165, 1.54) is 6.42 Å². The maximum absolute atomic E-state index is 5.40. The number of nitrogens with zero attached hydrogens (tertiary/aromatic N) is 2. The van der Waals surface area contributed by atoms with Crippen molar-refractivity contribution >= 4 is 29.9 Å². The van der Waals surface area contributed by atoms with Gasteiger partial charge in [0.2, 0.25) is 0 Å². The second kappa shape index (κ2) is 11.7. The molecule has 0 aliphatic heterocycles. The molecule has 0 aliphatic rings. The number of aromatic nitrogens is 1. The van der Waals surface area contributed by atoms with E-state index in [0.29, 0.717) is 12.0 Å². The molecule has 1 aromatic rings. The van der Waals surface area contributed by atoms with Crippen LogP contribution in [0.3, 0.4) is 0 Å². The van der Waals surface area contributed by atoms with Crippen molar-refractivity contribution in [1.82, 2.24) is 15.8 Å². The van der Waals surface area contributed by atoms with E-state index in [9.17, 15) is 0 Å². The van der Waals surface area contributed by atoms with Gasteiger partial charge in [0.25, 0.3) is 0 Å². The van der Waals surface area contributed by atoms with Crippen molar-refractivity contribution < 1.29 is 4.52 Å². The van der Waals surface area contributed by atoms with Crippen LogP contribution in [-0.4, -0.2) is 24.2 Å². The summed E-state index contributed by atoms with van der Waals surface area (Å²) in [5.74, 6) is 1.82. The Kier molecular flexibility index (Phi) is 11.3. The first-order chi connectivity index (χ1) is 10.9. The monoisotopic (exact) mass is 450 g/mol. The van der Waals surface area contributed by atoms with E-state index in [1.807, 2.05) is 0 Å². The van der Waals surface area contributed by atoms with Gasteiger partial charge in [0.05, 0.1) is 12.2 Å². The summed E-state index contributed by atoms with van der Waals surface area (Å²) in [6.07, 6.45) is 4.07. The highest BCUT2D eigenvalue weighted by Gasteiger charge is 2.13. The van der Waals surface area contributed by atoms with E-state index in [4.69, 9.17) is 9.52 Å². The number of rotatable bonds is 8. The van der Waals surface area contributed by atoms with Crippen molar-refractivity contribution in [2.45, 2.75) is 73.8 Å². The minimum absolute atomic E-state index is 0. The van der Waals surface area contributed by atoms with E-state index in [-0.39, 0.29) is 24.0 Å². The molecule has 0 spiro atoms. The maximum Gasteiger partial charge on any atom is 0.191 e. The zero-order valence-electron chi connectivity index (χ0n) is 16.2. The molecule has 0 saturated carbocycles. The number of nitrogens with one attached hydrogen (secondary N) is 2. The van der Waals surface area contributed by atoms with Gasteiger partial charge in [-0.05, 0) is 31.6 Å². The lowest BCUT2D eigenvalue weighted by atomic mass is 9.91. The lowest BCUT2D eigenvalue weighted by Gasteiger charge is -2.18. The molecule has 0 aromatic carbocycles. The van der Waals surface area contributed by atoms with Crippen molar-refractivity contribution in [1.29, 1.82) is 0 Å². The Morgan fingerprint density at radius 1 is 1.12 bits per heavy atom. The third kappa shape index (κ3) is 8.35. The lowest BCUT2D eigenvalue weighted by Crippen LogP contribution is -2.38. The molecule has 1 rings (SSSR count). The molecule has 0 aliphatic carbocycles. The van der Waals surface area contributed by atoms with Crippen LogP contribution >= 0.6 is 24.0 Å². The van der Waals surface area contributed by atoms with Crippen LogP contribution in [0.25, 0.3) is 0 Å². The van der Waals surface area contributed by atoms with Crippen molar-refractivity contribution in [2.75, 3.05) is 13.1 Å². The summed E-state index contributed by atoms with van der Waals surface area (Å²) in [4.78, 5) is 4.70. The fourth-order valence-corrected chi connectivity index (χ4v) is 2.44. The number of hydrogen-bond donors (Lipinski definition) is 2. The highest BCUT2D eigenvalue weighted by molar-refractivity contribution is 14.0. The average molecular weight is 450 g/mol. The van der Waals surface area contributed by atoms with Crippen LogP contribution < -0.4 is 10.6 Å². The summed E-state index contributed by atoms with van der Waals surface area (Å²) >= 11 is 0. The second-order valence-corrected chi connectivity index (χ2v) is 7.02. The zero-order chi connectivity index (χ0) is 17.3. The first-order valence-corrected chi connectivity index (χ1v) is 8.89. The minimum Gasteiger partial charge on any atom is -0.361 e. The third-order valence-corrected chi connectivity index (χ3v) is 3.74. The molecule has 0 bridgehead atoms. The predicted octanol–water partition coefficient (Wildman–Crippen LogP) is 4.30. The molecule has 0 unspecified atom stereocenters. The number of aliphatic imine (C=N–C) groups is 1. The van der Waals surface area contributed by atoms with Crippen LogP contribution in [0.2, 0.25) is 0 Å². The Labute approximate surface area is 164 Å². The van der Waals surface area contributed by atoms with Crippen LogP contribution in [-0.2, 0) is 19.4 Å². The summed E-state index contributed by atoms with van der Waals surface area (Å²) in [7, 11) is 0. The Bertz CT molecular complexity index is 470. The van der Waals surface area contributed by atoms with Crippen molar-refractivity contribution in [3.8, 4) is 0 Å². The lowest BCUT2D eigenvalue weighted by molar-refractivity contribution is 0.365. The highest BCUT2D eigenvalue weighted by Crippen LogP contribution is 2.20. The highest BCUT2D eigenvalue weighted by atomic mass is 127. The number of guanidine groups is 1. The van der Waals surface area contributed by atoms with Crippen LogP contribution in [0.4, 0.5) is 0 Å². The Hall–Kier alpha value is -0.790. The van der Waals surface area contributed by atoms with Gasteiger partial charge in [-0.3, -0.25) is 0 Å². The molecule has 1 aromatic heterocycles. The standard InChI is InChI=1S/C18H34N4O.HI/c1-7-15-14(16(8-2)23-22-15)13-21-17(19-9-3)20-12-10-11-18(4,5)6;/h7-13H2,1-6H3,(H2,19,20,21);1H. The molecule has 140 valence electrons. The van der Waals surface area contributed by atoms with Gasteiger partial charge in [-0.1, -0.05) is 39.8 Å². The van der Waals surface area contributed by atoms with E-state index in [1.54, 1.807) is 0 Å². The molecule has 1 heterocycles. The Morgan fingerprint density at radius 3 is 2.38 bits per heavy atom. The molecule has 0 saturated heterocycles. The fraction of sp³-hybridized carbons (Fsp3) is 0.778. The van der Waals surface area contributed by atoms with Gasteiger partial charge in [-0.2, -0.15) is 0 Å². The Morgan fingerprint density at radius 2 is 1.83 bits per heavy atom. The van der Waals surface area contributed by atoms with E-state index < -0.39 is 0 Å². The predicted molar refractivity (Wildman–Crippen MR) is 112 cm³/mol. The molecule has 0 atom stereocenters. The average Bonchev–Trinajstić information content (AvgIpc) is 2.89. The number of halogens is 1. The summed E-state index contributed by atoms with van der Waals surface area (Å²) in [6.45, 7) is 15.5. The van der Waals surface area contributed by atoms with Gasteiger partial charge in [-0.25, -0.2) is 4.99 Å². The van der Waals surface area contributed by atoms with Gasteiger partial charge < -0.3 is 15.2 Å². The second-order valence-electron chi connectivity index (χ2n) is 7.02. The van der Waals surface area contributed by atoms with Gasteiger partial charge in [-0.15, -0.1) is 24.0 Å². The zero-order valence-corrected chi connectivity index (χ0v) is 18.5. The van der Waals surface area contributed by atoms with E-state index in [2.05, 4.69) is 57.3 Å². The van der Waals surface area contributed by atoms with Gasteiger partial charge in [0.15, 0.2) is 5.96 Å². The van der Waals surface area contributed by atoms with Gasteiger partial charge in [0.1, 0.15) is 5.76 Å². The topological polar surface area (TPSA) is 62.5 Å². The molecular weight excluding hydrogens is 415 g/mol. The number of hydrogen-bond acceptors (Lipinski definition) is 3. The van der Waals surface area contributed by atoms with Crippen LogP contribution in [0.1, 0.15) is 71.4 Å². The summed E-state index contributed by atoms with van der Waals surface area (Å²) in [5.41, 5.74) is 2.54. The normalized spacial score (nSPS) is 12.0. The van der Waals surface area contributed by atoms with E-state index >= 15 is 0 Å². The third-order valence-electron chi connectivity index (χ3n) is 3.74. The minimum atomic E-state index is 0. The molecule has 6 heteroatoms. The Balaban J connectivity index is 0.00000529. The first kappa shape index (κ1) is 23.2. The van der Waals surface area contributed by atoms with E-state index in [0.717, 1.165) is 55.3 Å².